The second kappa shape index (κ2) is 7.74. The SMILES string of the molecule is CC(=O)c1ccc(NC(=O)c2ccc(C3Nc4ccccc4S(=O)(=O)N3)cc2)cc1. The first-order valence-electron chi connectivity index (χ1n) is 9.24. The highest BCUT2D eigenvalue weighted by molar-refractivity contribution is 7.89. The summed E-state index contributed by atoms with van der Waals surface area (Å²) >= 11 is 0. The van der Waals surface area contributed by atoms with Crippen molar-refractivity contribution in [2.75, 3.05) is 10.6 Å². The van der Waals surface area contributed by atoms with E-state index in [4.69, 9.17) is 0 Å². The lowest BCUT2D eigenvalue weighted by molar-refractivity contribution is 0.101. The molecule has 1 atom stereocenters. The van der Waals surface area contributed by atoms with Crippen LogP contribution in [0.3, 0.4) is 0 Å². The fourth-order valence-electron chi connectivity index (χ4n) is 3.19. The smallest absolute Gasteiger partial charge is 0.255 e. The van der Waals surface area contributed by atoms with Crippen LogP contribution in [-0.4, -0.2) is 20.1 Å². The van der Waals surface area contributed by atoms with Crippen molar-refractivity contribution in [3.63, 3.8) is 0 Å². The van der Waals surface area contributed by atoms with E-state index in [9.17, 15) is 18.0 Å². The number of hydrogen-bond acceptors (Lipinski definition) is 5. The van der Waals surface area contributed by atoms with Gasteiger partial charge in [-0.15, -0.1) is 0 Å². The van der Waals surface area contributed by atoms with E-state index in [1.54, 1.807) is 66.7 Å². The van der Waals surface area contributed by atoms with Gasteiger partial charge < -0.3 is 10.6 Å². The molecule has 0 radical (unpaired) electrons. The third kappa shape index (κ3) is 3.96. The molecule has 0 aromatic heterocycles. The summed E-state index contributed by atoms with van der Waals surface area (Å²) in [4.78, 5) is 24.0. The maximum Gasteiger partial charge on any atom is 0.255 e. The van der Waals surface area contributed by atoms with Gasteiger partial charge in [0.1, 0.15) is 11.1 Å². The molecule has 0 bridgehead atoms. The first-order valence-corrected chi connectivity index (χ1v) is 10.7. The van der Waals surface area contributed by atoms with Crippen LogP contribution in [0.25, 0.3) is 0 Å². The maximum absolute atomic E-state index is 12.5. The van der Waals surface area contributed by atoms with Gasteiger partial charge in [-0.25, -0.2) is 8.42 Å². The van der Waals surface area contributed by atoms with Crippen LogP contribution in [0.4, 0.5) is 11.4 Å². The topological polar surface area (TPSA) is 104 Å². The second-order valence-corrected chi connectivity index (χ2v) is 8.59. The van der Waals surface area contributed by atoms with Gasteiger partial charge in [0.25, 0.3) is 5.91 Å². The van der Waals surface area contributed by atoms with E-state index in [0.717, 1.165) is 0 Å². The molecule has 1 unspecified atom stereocenters. The summed E-state index contributed by atoms with van der Waals surface area (Å²) in [6.07, 6.45) is -0.638. The monoisotopic (exact) mass is 421 g/mol. The molecular formula is C22H19N3O4S. The molecule has 0 aliphatic carbocycles. The van der Waals surface area contributed by atoms with Crippen molar-refractivity contribution in [3.05, 3.63) is 89.5 Å². The van der Waals surface area contributed by atoms with Gasteiger partial charge in [-0.3, -0.25) is 9.59 Å². The number of amides is 1. The Morgan fingerprint density at radius 2 is 1.50 bits per heavy atom. The predicted molar refractivity (Wildman–Crippen MR) is 114 cm³/mol. The highest BCUT2D eigenvalue weighted by Gasteiger charge is 2.29. The fraction of sp³-hybridized carbons (Fsp3) is 0.0909. The highest BCUT2D eigenvalue weighted by atomic mass is 32.2. The van der Waals surface area contributed by atoms with Crippen molar-refractivity contribution < 1.29 is 18.0 Å². The Hall–Kier alpha value is -3.49. The molecule has 0 saturated carbocycles. The highest BCUT2D eigenvalue weighted by Crippen LogP contribution is 2.30. The number of hydrogen-bond donors (Lipinski definition) is 3. The average Bonchev–Trinajstić information content (AvgIpc) is 2.74. The maximum atomic E-state index is 12.5. The zero-order valence-corrected chi connectivity index (χ0v) is 16.9. The van der Waals surface area contributed by atoms with E-state index in [-0.39, 0.29) is 16.6 Å². The van der Waals surface area contributed by atoms with Crippen LogP contribution < -0.4 is 15.4 Å². The van der Waals surface area contributed by atoms with Crippen LogP contribution in [-0.2, 0) is 10.0 Å². The number of Topliss-reactive ketones (excluding diaryl/α,β-unsaturated/α-hetero) is 1. The van der Waals surface area contributed by atoms with Gasteiger partial charge in [0.15, 0.2) is 5.78 Å². The quantitative estimate of drug-likeness (QED) is 0.559. The van der Waals surface area contributed by atoms with Crippen LogP contribution in [0.1, 0.15) is 39.4 Å². The molecule has 152 valence electrons. The zero-order valence-electron chi connectivity index (χ0n) is 16.0. The number of carbonyl (C=O) groups is 2. The lowest BCUT2D eigenvalue weighted by Gasteiger charge is -2.28. The normalized spacial score (nSPS) is 16.8. The van der Waals surface area contributed by atoms with E-state index >= 15 is 0 Å². The molecule has 1 heterocycles. The molecule has 3 N–H and O–H groups in total. The summed E-state index contributed by atoms with van der Waals surface area (Å²) in [5.74, 6) is -0.349. The van der Waals surface area contributed by atoms with Crippen LogP contribution >= 0.6 is 0 Å². The molecular weight excluding hydrogens is 402 g/mol. The molecule has 0 saturated heterocycles. The van der Waals surface area contributed by atoms with Crippen molar-refractivity contribution in [3.8, 4) is 0 Å². The standard InChI is InChI=1S/C22H19N3O4S/c1-14(26)15-10-12-18(13-11-15)23-22(27)17-8-6-16(7-9-17)21-24-19-4-2-3-5-20(19)30(28,29)25-21/h2-13,21,24-25H,1H3,(H,23,27). The number of fused-ring (bicyclic) bond motifs is 1. The average molecular weight is 421 g/mol. The van der Waals surface area contributed by atoms with Crippen LogP contribution in [0, 0.1) is 0 Å². The Morgan fingerprint density at radius 3 is 2.17 bits per heavy atom. The zero-order chi connectivity index (χ0) is 21.3. The van der Waals surface area contributed by atoms with Crippen molar-refractivity contribution in [1.82, 2.24) is 4.72 Å². The summed E-state index contributed by atoms with van der Waals surface area (Å²) in [5, 5.41) is 5.93. The number of sulfonamides is 1. The fourth-order valence-corrected chi connectivity index (χ4v) is 4.50. The van der Waals surface area contributed by atoms with Crippen LogP contribution in [0.2, 0.25) is 0 Å². The Bertz CT molecular complexity index is 1220. The number of ketones is 1. The first kappa shape index (κ1) is 19.8. The van der Waals surface area contributed by atoms with Gasteiger partial charge in [-0.05, 0) is 61.0 Å². The first-order chi connectivity index (χ1) is 14.3. The summed E-state index contributed by atoms with van der Waals surface area (Å²) in [5.41, 5.74) is 2.77. The molecule has 0 spiro atoms. The Balaban J connectivity index is 1.49. The van der Waals surface area contributed by atoms with Crippen molar-refractivity contribution >= 4 is 33.1 Å². The lowest BCUT2D eigenvalue weighted by Crippen LogP contribution is -2.38. The molecule has 1 aliphatic heterocycles. The van der Waals surface area contributed by atoms with Gasteiger partial charge in [-0.1, -0.05) is 24.3 Å². The third-order valence-corrected chi connectivity index (χ3v) is 6.29. The number of benzene rings is 3. The number of carbonyl (C=O) groups excluding carboxylic acids is 2. The molecule has 7 nitrogen and oxygen atoms in total. The molecule has 3 aromatic carbocycles. The van der Waals surface area contributed by atoms with E-state index in [0.29, 0.717) is 28.1 Å². The Kier molecular flexibility index (Phi) is 5.11. The summed E-state index contributed by atoms with van der Waals surface area (Å²) in [6, 6.07) is 20.0. The van der Waals surface area contributed by atoms with Crippen molar-refractivity contribution in [2.45, 2.75) is 18.0 Å². The summed E-state index contributed by atoms with van der Waals surface area (Å²) < 4.78 is 27.5. The number of rotatable bonds is 4. The molecule has 3 aromatic rings. The van der Waals surface area contributed by atoms with Gasteiger partial charge in [0, 0.05) is 16.8 Å². The molecule has 1 aliphatic rings. The Morgan fingerprint density at radius 1 is 0.867 bits per heavy atom. The molecule has 30 heavy (non-hydrogen) atoms. The van der Waals surface area contributed by atoms with Crippen molar-refractivity contribution in [2.24, 2.45) is 0 Å². The number of nitrogens with one attached hydrogen (secondary N) is 3. The lowest BCUT2D eigenvalue weighted by atomic mass is 10.1. The summed E-state index contributed by atoms with van der Waals surface area (Å²) in [6.45, 7) is 1.48. The predicted octanol–water partition coefficient (Wildman–Crippen LogP) is 3.54. The minimum Gasteiger partial charge on any atom is -0.364 e. The van der Waals surface area contributed by atoms with Crippen molar-refractivity contribution in [1.29, 1.82) is 0 Å². The molecule has 0 fully saturated rings. The van der Waals surface area contributed by atoms with E-state index in [1.165, 1.54) is 13.0 Å². The van der Waals surface area contributed by atoms with E-state index in [1.807, 2.05) is 0 Å². The van der Waals surface area contributed by atoms with Crippen LogP contribution in [0.5, 0.6) is 0 Å². The largest absolute Gasteiger partial charge is 0.364 e. The summed E-state index contributed by atoms with van der Waals surface area (Å²) in [7, 11) is -3.63. The minimum absolute atomic E-state index is 0.0435. The van der Waals surface area contributed by atoms with E-state index < -0.39 is 16.2 Å². The minimum atomic E-state index is -3.63. The molecule has 1 amide bonds. The Labute approximate surface area is 174 Å². The second-order valence-electron chi connectivity index (χ2n) is 6.90. The molecule has 8 heteroatoms. The van der Waals surface area contributed by atoms with Gasteiger partial charge in [-0.2, -0.15) is 4.72 Å². The number of anilines is 2. The van der Waals surface area contributed by atoms with E-state index in [2.05, 4.69) is 15.4 Å². The third-order valence-electron chi connectivity index (χ3n) is 4.80. The van der Waals surface area contributed by atoms with Gasteiger partial charge >= 0.3 is 0 Å². The number of para-hydroxylation sites is 1. The van der Waals surface area contributed by atoms with Crippen LogP contribution in [0.15, 0.2) is 77.7 Å². The molecule has 4 rings (SSSR count). The van der Waals surface area contributed by atoms with Gasteiger partial charge in [0.2, 0.25) is 10.0 Å². The van der Waals surface area contributed by atoms with Gasteiger partial charge in [0.05, 0.1) is 5.69 Å².